The van der Waals surface area contributed by atoms with Gasteiger partial charge >= 0.3 is 0 Å². The summed E-state index contributed by atoms with van der Waals surface area (Å²) in [6.07, 6.45) is 1.70. The van der Waals surface area contributed by atoms with Crippen LogP contribution in [0, 0.1) is 6.92 Å². The lowest BCUT2D eigenvalue weighted by atomic mass is 10.1. The van der Waals surface area contributed by atoms with Crippen molar-refractivity contribution in [2.24, 2.45) is 0 Å². The maximum Gasteiger partial charge on any atom is 0.229 e. The molecule has 84 valence electrons. The molecule has 0 aliphatic heterocycles. The Morgan fingerprint density at radius 2 is 2.12 bits per heavy atom. The number of aryl methyl sites for hydroxylation is 1. The van der Waals surface area contributed by atoms with E-state index in [1.54, 1.807) is 6.20 Å². The molecule has 3 rings (SSSR count). The van der Waals surface area contributed by atoms with Crippen molar-refractivity contribution in [3.05, 3.63) is 42.1 Å². The maximum absolute atomic E-state index is 5.72. The number of anilines is 1. The monoisotopic (exact) mass is 225 g/mol. The third-order valence-electron chi connectivity index (χ3n) is 2.65. The summed E-state index contributed by atoms with van der Waals surface area (Å²) in [6, 6.07) is 9.33. The molecule has 17 heavy (non-hydrogen) atoms. The number of rotatable bonds is 1. The average molecular weight is 225 g/mol. The Balaban J connectivity index is 2.20. The summed E-state index contributed by atoms with van der Waals surface area (Å²) in [5.74, 6) is 0.580. The van der Waals surface area contributed by atoms with E-state index in [2.05, 4.69) is 9.97 Å². The van der Waals surface area contributed by atoms with E-state index in [0.717, 1.165) is 16.8 Å². The topological polar surface area (TPSA) is 64.9 Å². The second-order valence-electron chi connectivity index (χ2n) is 3.92. The van der Waals surface area contributed by atoms with Crippen molar-refractivity contribution in [3.63, 3.8) is 0 Å². The number of nitrogens with two attached hydrogens (primary N) is 1. The molecule has 0 saturated carbocycles. The number of nitrogen functional groups attached to an aromatic ring is 1. The molecule has 0 radical (unpaired) electrons. The highest BCUT2D eigenvalue weighted by molar-refractivity contribution is 5.73. The van der Waals surface area contributed by atoms with Crippen LogP contribution >= 0.6 is 0 Å². The first-order valence-corrected chi connectivity index (χ1v) is 5.32. The summed E-state index contributed by atoms with van der Waals surface area (Å²) < 4.78 is 5.66. The van der Waals surface area contributed by atoms with Gasteiger partial charge < -0.3 is 10.2 Å². The van der Waals surface area contributed by atoms with E-state index in [4.69, 9.17) is 10.2 Å². The molecular formula is C13H11N3O. The van der Waals surface area contributed by atoms with Crippen LogP contribution in [0.5, 0.6) is 0 Å². The second-order valence-corrected chi connectivity index (χ2v) is 3.92. The van der Waals surface area contributed by atoms with Crippen molar-refractivity contribution in [1.29, 1.82) is 0 Å². The SMILES string of the molecule is Cc1cc(N)ccc1-c1nc2ncccc2o1. The van der Waals surface area contributed by atoms with E-state index in [-0.39, 0.29) is 0 Å². The number of benzene rings is 1. The normalized spacial score (nSPS) is 10.9. The number of oxazole rings is 1. The fraction of sp³-hybridized carbons (Fsp3) is 0.0769. The van der Waals surface area contributed by atoms with Crippen molar-refractivity contribution < 1.29 is 4.42 Å². The van der Waals surface area contributed by atoms with Crippen LogP contribution in [-0.2, 0) is 0 Å². The summed E-state index contributed by atoms with van der Waals surface area (Å²) >= 11 is 0. The van der Waals surface area contributed by atoms with Crippen LogP contribution < -0.4 is 5.73 Å². The minimum atomic E-state index is 0.580. The molecule has 0 atom stereocenters. The average Bonchev–Trinajstić information content (AvgIpc) is 2.72. The highest BCUT2D eigenvalue weighted by Gasteiger charge is 2.10. The van der Waals surface area contributed by atoms with Gasteiger partial charge in [0.1, 0.15) is 0 Å². The molecule has 0 aliphatic carbocycles. The zero-order chi connectivity index (χ0) is 11.8. The molecular weight excluding hydrogens is 214 g/mol. The van der Waals surface area contributed by atoms with Gasteiger partial charge in [0, 0.05) is 17.4 Å². The Hall–Kier alpha value is -2.36. The lowest BCUT2D eigenvalue weighted by molar-refractivity contribution is 0.619. The fourth-order valence-electron chi connectivity index (χ4n) is 1.81. The van der Waals surface area contributed by atoms with Crippen molar-refractivity contribution in [2.75, 3.05) is 5.73 Å². The number of hydrogen-bond donors (Lipinski definition) is 1. The third kappa shape index (κ3) is 1.63. The lowest BCUT2D eigenvalue weighted by Gasteiger charge is -2.01. The first-order valence-electron chi connectivity index (χ1n) is 5.32. The van der Waals surface area contributed by atoms with Gasteiger partial charge in [-0.2, -0.15) is 4.98 Å². The van der Waals surface area contributed by atoms with Crippen LogP contribution in [-0.4, -0.2) is 9.97 Å². The molecule has 0 unspecified atom stereocenters. The minimum Gasteiger partial charge on any atom is -0.434 e. The lowest BCUT2D eigenvalue weighted by Crippen LogP contribution is -1.88. The highest BCUT2D eigenvalue weighted by atomic mass is 16.3. The van der Waals surface area contributed by atoms with Gasteiger partial charge in [-0.1, -0.05) is 0 Å². The summed E-state index contributed by atoms with van der Waals surface area (Å²) in [7, 11) is 0. The Morgan fingerprint density at radius 1 is 1.24 bits per heavy atom. The number of pyridine rings is 1. The molecule has 0 fully saturated rings. The molecule has 0 saturated heterocycles. The van der Waals surface area contributed by atoms with E-state index >= 15 is 0 Å². The number of nitrogens with zero attached hydrogens (tertiary/aromatic N) is 2. The first kappa shape index (κ1) is 9.84. The van der Waals surface area contributed by atoms with Gasteiger partial charge in [-0.05, 0) is 42.8 Å². The smallest absolute Gasteiger partial charge is 0.229 e. The largest absolute Gasteiger partial charge is 0.434 e. The Morgan fingerprint density at radius 3 is 2.88 bits per heavy atom. The van der Waals surface area contributed by atoms with E-state index < -0.39 is 0 Å². The van der Waals surface area contributed by atoms with Crippen molar-refractivity contribution >= 4 is 16.9 Å². The van der Waals surface area contributed by atoms with E-state index in [0.29, 0.717) is 17.1 Å². The van der Waals surface area contributed by atoms with Crippen molar-refractivity contribution in [1.82, 2.24) is 9.97 Å². The molecule has 2 heterocycles. The summed E-state index contributed by atoms with van der Waals surface area (Å²) in [5.41, 5.74) is 9.75. The zero-order valence-electron chi connectivity index (χ0n) is 9.34. The number of aromatic nitrogens is 2. The zero-order valence-corrected chi connectivity index (χ0v) is 9.34. The Labute approximate surface area is 98.1 Å². The summed E-state index contributed by atoms with van der Waals surface area (Å²) in [5, 5.41) is 0. The van der Waals surface area contributed by atoms with Gasteiger partial charge in [-0.25, -0.2) is 4.98 Å². The molecule has 0 aliphatic rings. The molecule has 2 N–H and O–H groups in total. The quantitative estimate of drug-likeness (QED) is 0.647. The molecule has 0 amide bonds. The van der Waals surface area contributed by atoms with Gasteiger partial charge in [-0.15, -0.1) is 0 Å². The van der Waals surface area contributed by atoms with Crippen LogP contribution in [0.25, 0.3) is 22.7 Å². The van der Waals surface area contributed by atoms with E-state index in [9.17, 15) is 0 Å². The molecule has 1 aromatic carbocycles. The maximum atomic E-state index is 5.72. The Kier molecular flexibility index (Phi) is 2.08. The molecule has 3 aromatic rings. The standard InChI is InChI=1S/C13H11N3O/c1-8-7-9(14)4-5-10(8)13-16-12-11(17-13)3-2-6-15-12/h2-7H,14H2,1H3. The first-order chi connectivity index (χ1) is 8.24. The fourth-order valence-corrected chi connectivity index (χ4v) is 1.81. The predicted molar refractivity (Wildman–Crippen MR) is 66.4 cm³/mol. The van der Waals surface area contributed by atoms with Gasteiger partial charge in [0.2, 0.25) is 5.89 Å². The minimum absolute atomic E-state index is 0.580. The van der Waals surface area contributed by atoms with E-state index in [1.807, 2.05) is 37.3 Å². The molecule has 2 aromatic heterocycles. The predicted octanol–water partition coefficient (Wildman–Crippen LogP) is 2.78. The molecule has 4 nitrogen and oxygen atoms in total. The molecule has 0 bridgehead atoms. The van der Waals surface area contributed by atoms with Gasteiger partial charge in [0.25, 0.3) is 0 Å². The van der Waals surface area contributed by atoms with E-state index in [1.165, 1.54) is 0 Å². The van der Waals surface area contributed by atoms with Crippen molar-refractivity contribution in [2.45, 2.75) is 6.92 Å². The van der Waals surface area contributed by atoms with Crippen molar-refractivity contribution in [3.8, 4) is 11.5 Å². The van der Waals surface area contributed by atoms with Gasteiger partial charge in [-0.3, -0.25) is 0 Å². The third-order valence-corrected chi connectivity index (χ3v) is 2.65. The van der Waals surface area contributed by atoms with Gasteiger partial charge in [0.15, 0.2) is 11.2 Å². The van der Waals surface area contributed by atoms with Crippen LogP contribution in [0.1, 0.15) is 5.56 Å². The van der Waals surface area contributed by atoms with Crippen LogP contribution in [0.2, 0.25) is 0 Å². The van der Waals surface area contributed by atoms with Crippen LogP contribution in [0.15, 0.2) is 40.9 Å². The summed E-state index contributed by atoms with van der Waals surface area (Å²) in [6.45, 7) is 1.98. The molecule has 0 spiro atoms. The number of fused-ring (bicyclic) bond motifs is 1. The van der Waals surface area contributed by atoms with Gasteiger partial charge in [0.05, 0.1) is 0 Å². The Bertz CT molecular complexity index is 655. The number of hydrogen-bond acceptors (Lipinski definition) is 4. The van der Waals surface area contributed by atoms with Crippen LogP contribution in [0.4, 0.5) is 5.69 Å². The summed E-state index contributed by atoms with van der Waals surface area (Å²) in [4.78, 5) is 8.50. The molecule has 4 heteroatoms. The van der Waals surface area contributed by atoms with Crippen LogP contribution in [0.3, 0.4) is 0 Å². The highest BCUT2D eigenvalue weighted by Crippen LogP contribution is 2.26. The second kappa shape index (κ2) is 3.59.